The summed E-state index contributed by atoms with van der Waals surface area (Å²) >= 11 is 0. The number of amides is 2. The Balaban J connectivity index is 1.90. The molecule has 138 valence electrons. The number of nitrogens with zero attached hydrogens (tertiary/aromatic N) is 3. The lowest BCUT2D eigenvalue weighted by Crippen LogP contribution is -2.48. The number of anilines is 1. The van der Waals surface area contributed by atoms with Crippen molar-refractivity contribution >= 4 is 28.0 Å². The molecular formula is C17H25N3O4S. The quantitative estimate of drug-likeness (QED) is 0.669. The first-order valence-corrected chi connectivity index (χ1v) is 10.2. The van der Waals surface area contributed by atoms with Crippen LogP contribution in [-0.2, 0) is 19.6 Å². The van der Waals surface area contributed by atoms with Crippen LogP contribution in [0.1, 0.15) is 18.4 Å². The minimum Gasteiger partial charge on any atom is -0.342 e. The molecule has 8 heteroatoms. The third-order valence-electron chi connectivity index (χ3n) is 4.29. The van der Waals surface area contributed by atoms with Crippen LogP contribution in [0.25, 0.3) is 0 Å². The van der Waals surface area contributed by atoms with Crippen LogP contribution in [-0.4, -0.2) is 69.5 Å². The Labute approximate surface area is 149 Å². The number of carbonyl (C=O) groups is 2. The van der Waals surface area contributed by atoms with Crippen molar-refractivity contribution in [3.05, 3.63) is 29.8 Å². The second-order valence-electron chi connectivity index (χ2n) is 6.30. The first-order chi connectivity index (χ1) is 11.8. The van der Waals surface area contributed by atoms with E-state index in [4.69, 9.17) is 0 Å². The lowest BCUT2D eigenvalue weighted by atomic mass is 10.2. The summed E-state index contributed by atoms with van der Waals surface area (Å²) in [5.74, 6) is 0.00269. The Bertz CT molecular complexity index is 695. The molecule has 0 aliphatic carbocycles. The molecule has 0 atom stereocenters. The largest absolute Gasteiger partial charge is 0.342 e. The summed E-state index contributed by atoms with van der Waals surface area (Å²) in [7, 11) is -3.40. The molecule has 1 saturated heterocycles. The number of hydrogen-bond donors (Lipinski definition) is 0. The van der Waals surface area contributed by atoms with Gasteiger partial charge in [-0.3, -0.25) is 13.9 Å². The highest BCUT2D eigenvalue weighted by Crippen LogP contribution is 2.19. The van der Waals surface area contributed by atoms with Gasteiger partial charge < -0.3 is 9.80 Å². The zero-order chi connectivity index (χ0) is 18.4. The average molecular weight is 367 g/mol. The standard InChI is InChI=1S/C17H25N3O4S/c1-15-5-7-16(8-6-15)20(25(2,23)24)9-3-4-17(22)19-12-10-18(14-21)11-13-19/h5-8,14H,3-4,9-13H2,1-2H3. The zero-order valence-electron chi connectivity index (χ0n) is 14.7. The molecule has 1 aliphatic rings. The van der Waals surface area contributed by atoms with Gasteiger partial charge in [0.05, 0.1) is 11.9 Å². The lowest BCUT2D eigenvalue weighted by molar-refractivity contribution is -0.135. The monoisotopic (exact) mass is 367 g/mol. The molecule has 0 spiro atoms. The van der Waals surface area contributed by atoms with Gasteiger partial charge >= 0.3 is 0 Å². The molecule has 0 saturated carbocycles. The van der Waals surface area contributed by atoms with Crippen LogP contribution in [0.15, 0.2) is 24.3 Å². The Morgan fingerprint density at radius 2 is 1.76 bits per heavy atom. The Hall–Kier alpha value is -2.09. The summed E-state index contributed by atoms with van der Waals surface area (Å²) < 4.78 is 25.4. The Morgan fingerprint density at radius 3 is 2.28 bits per heavy atom. The fraction of sp³-hybridized carbons (Fsp3) is 0.529. The topological polar surface area (TPSA) is 78.0 Å². The van der Waals surface area contributed by atoms with E-state index in [-0.39, 0.29) is 12.5 Å². The normalized spacial score (nSPS) is 15.1. The number of rotatable bonds is 7. The van der Waals surface area contributed by atoms with Gasteiger partial charge in [0.15, 0.2) is 0 Å². The highest BCUT2D eigenvalue weighted by atomic mass is 32.2. The highest BCUT2D eigenvalue weighted by molar-refractivity contribution is 7.92. The first kappa shape index (κ1) is 19.2. The molecule has 1 aromatic carbocycles. The van der Waals surface area contributed by atoms with Gasteiger partial charge in [0, 0.05) is 39.1 Å². The molecule has 0 unspecified atom stereocenters. The fourth-order valence-corrected chi connectivity index (χ4v) is 3.77. The molecule has 0 N–H and O–H groups in total. The molecule has 2 rings (SSSR count). The van der Waals surface area contributed by atoms with Crippen LogP contribution in [0, 0.1) is 6.92 Å². The van der Waals surface area contributed by atoms with Gasteiger partial charge in [-0.2, -0.15) is 0 Å². The van der Waals surface area contributed by atoms with Crippen molar-refractivity contribution in [1.29, 1.82) is 0 Å². The number of piperazine rings is 1. The van der Waals surface area contributed by atoms with Gasteiger partial charge in [0.2, 0.25) is 22.3 Å². The molecule has 1 heterocycles. The third kappa shape index (κ3) is 5.45. The molecule has 1 fully saturated rings. The van der Waals surface area contributed by atoms with E-state index >= 15 is 0 Å². The average Bonchev–Trinajstić information content (AvgIpc) is 2.58. The smallest absolute Gasteiger partial charge is 0.232 e. The van der Waals surface area contributed by atoms with Crippen molar-refractivity contribution in [3.8, 4) is 0 Å². The van der Waals surface area contributed by atoms with E-state index in [1.807, 2.05) is 19.1 Å². The van der Waals surface area contributed by atoms with Crippen molar-refractivity contribution in [2.75, 3.05) is 43.3 Å². The number of benzene rings is 1. The predicted molar refractivity (Wildman–Crippen MR) is 96.8 cm³/mol. The number of sulfonamides is 1. The molecule has 25 heavy (non-hydrogen) atoms. The molecule has 0 radical (unpaired) electrons. The van der Waals surface area contributed by atoms with E-state index in [1.165, 1.54) is 10.6 Å². The maximum absolute atomic E-state index is 12.3. The van der Waals surface area contributed by atoms with Crippen LogP contribution in [0.4, 0.5) is 5.69 Å². The van der Waals surface area contributed by atoms with E-state index < -0.39 is 10.0 Å². The first-order valence-electron chi connectivity index (χ1n) is 8.33. The third-order valence-corrected chi connectivity index (χ3v) is 5.48. The van der Waals surface area contributed by atoms with Crippen molar-refractivity contribution in [3.63, 3.8) is 0 Å². The maximum atomic E-state index is 12.3. The molecule has 1 aliphatic heterocycles. The number of aryl methyl sites for hydroxylation is 1. The molecule has 2 amide bonds. The summed E-state index contributed by atoms with van der Waals surface area (Å²) in [4.78, 5) is 26.3. The molecule has 1 aromatic rings. The van der Waals surface area contributed by atoms with Crippen LogP contribution in [0.3, 0.4) is 0 Å². The Kier molecular flexibility index (Phi) is 6.41. The van der Waals surface area contributed by atoms with E-state index in [9.17, 15) is 18.0 Å². The lowest BCUT2D eigenvalue weighted by Gasteiger charge is -2.32. The minimum atomic E-state index is -3.40. The van der Waals surface area contributed by atoms with E-state index in [1.54, 1.807) is 21.9 Å². The van der Waals surface area contributed by atoms with Crippen LogP contribution in [0.5, 0.6) is 0 Å². The van der Waals surface area contributed by atoms with Crippen molar-refractivity contribution in [2.45, 2.75) is 19.8 Å². The van der Waals surface area contributed by atoms with Crippen LogP contribution < -0.4 is 4.31 Å². The van der Waals surface area contributed by atoms with Gasteiger partial charge in [-0.1, -0.05) is 17.7 Å². The van der Waals surface area contributed by atoms with E-state index in [2.05, 4.69) is 0 Å². The van der Waals surface area contributed by atoms with E-state index in [0.29, 0.717) is 44.7 Å². The maximum Gasteiger partial charge on any atom is 0.232 e. The van der Waals surface area contributed by atoms with Gasteiger partial charge in [-0.15, -0.1) is 0 Å². The van der Waals surface area contributed by atoms with Crippen molar-refractivity contribution in [1.82, 2.24) is 9.80 Å². The Morgan fingerprint density at radius 1 is 1.16 bits per heavy atom. The predicted octanol–water partition coefficient (Wildman–Crippen LogP) is 0.842. The van der Waals surface area contributed by atoms with Gasteiger partial charge in [-0.25, -0.2) is 8.42 Å². The molecular weight excluding hydrogens is 342 g/mol. The molecule has 0 aromatic heterocycles. The SMILES string of the molecule is Cc1ccc(N(CCCC(=O)N2CCN(C=O)CC2)S(C)(=O)=O)cc1. The van der Waals surface area contributed by atoms with E-state index in [0.717, 1.165) is 12.0 Å². The molecule has 0 bridgehead atoms. The van der Waals surface area contributed by atoms with Crippen LogP contribution in [0.2, 0.25) is 0 Å². The number of carbonyl (C=O) groups excluding carboxylic acids is 2. The highest BCUT2D eigenvalue weighted by Gasteiger charge is 2.21. The fourth-order valence-electron chi connectivity index (χ4n) is 2.81. The summed E-state index contributed by atoms with van der Waals surface area (Å²) in [6.07, 6.45) is 2.72. The van der Waals surface area contributed by atoms with Gasteiger partial charge in [0.1, 0.15) is 0 Å². The molecule has 7 nitrogen and oxygen atoms in total. The second-order valence-corrected chi connectivity index (χ2v) is 8.20. The van der Waals surface area contributed by atoms with Crippen LogP contribution >= 0.6 is 0 Å². The summed E-state index contributed by atoms with van der Waals surface area (Å²) in [5.41, 5.74) is 1.67. The van der Waals surface area contributed by atoms with Gasteiger partial charge in [0.25, 0.3) is 0 Å². The summed E-state index contributed by atoms with van der Waals surface area (Å²) in [6.45, 7) is 4.37. The number of hydrogen-bond acceptors (Lipinski definition) is 4. The van der Waals surface area contributed by atoms with Crippen molar-refractivity contribution in [2.24, 2.45) is 0 Å². The van der Waals surface area contributed by atoms with Gasteiger partial charge in [-0.05, 0) is 25.5 Å². The van der Waals surface area contributed by atoms with Crippen molar-refractivity contribution < 1.29 is 18.0 Å². The minimum absolute atomic E-state index is 0.00269. The summed E-state index contributed by atoms with van der Waals surface area (Å²) in [5, 5.41) is 0. The summed E-state index contributed by atoms with van der Waals surface area (Å²) in [6, 6.07) is 7.28. The second kappa shape index (κ2) is 8.33. The zero-order valence-corrected chi connectivity index (χ0v) is 15.5.